The maximum absolute atomic E-state index is 9.56. The van der Waals surface area contributed by atoms with Gasteiger partial charge in [-0.05, 0) is 12.1 Å². The van der Waals surface area contributed by atoms with Crippen molar-refractivity contribution in [2.75, 3.05) is 3.53 Å². The summed E-state index contributed by atoms with van der Waals surface area (Å²) in [4.78, 5) is 0. The highest BCUT2D eigenvalue weighted by atomic mass is 127. The normalized spacial score (nSPS) is 10.2. The van der Waals surface area contributed by atoms with Gasteiger partial charge in [0.15, 0.2) is 0 Å². The molecule has 2 rings (SSSR count). The first-order valence-corrected chi connectivity index (χ1v) is 4.98. The standard InChI is InChI=1S/C10H8INO/c11-12-9-5-6-10(13)8-4-2-1-3-7(8)9/h1-6,12-13H. The fraction of sp³-hybridized carbons (Fsp3) is 0. The van der Waals surface area contributed by atoms with Crippen LogP contribution in [0, 0.1) is 0 Å². The number of halogens is 1. The molecule has 66 valence electrons. The predicted molar refractivity (Wildman–Crippen MR) is 63.3 cm³/mol. The Labute approximate surface area is 90.1 Å². The van der Waals surface area contributed by atoms with Crippen molar-refractivity contribution in [1.82, 2.24) is 0 Å². The summed E-state index contributed by atoms with van der Waals surface area (Å²) in [6.07, 6.45) is 0. The number of phenols is 1. The van der Waals surface area contributed by atoms with Crippen LogP contribution in [-0.2, 0) is 0 Å². The second-order valence-corrected chi connectivity index (χ2v) is 3.31. The molecule has 2 aromatic rings. The molecule has 0 radical (unpaired) electrons. The Bertz CT molecular complexity index is 442. The Morgan fingerprint density at radius 2 is 1.69 bits per heavy atom. The number of fused-ring (bicyclic) bond motifs is 1. The summed E-state index contributed by atoms with van der Waals surface area (Å²) in [6, 6.07) is 11.3. The van der Waals surface area contributed by atoms with E-state index in [4.69, 9.17) is 0 Å². The van der Waals surface area contributed by atoms with Crippen molar-refractivity contribution in [1.29, 1.82) is 0 Å². The molecule has 0 saturated carbocycles. The number of rotatable bonds is 1. The molecule has 0 atom stereocenters. The molecule has 0 saturated heterocycles. The zero-order valence-electron chi connectivity index (χ0n) is 6.79. The van der Waals surface area contributed by atoms with Crippen LogP contribution in [0.25, 0.3) is 10.8 Å². The van der Waals surface area contributed by atoms with Crippen LogP contribution >= 0.6 is 22.9 Å². The van der Waals surface area contributed by atoms with E-state index < -0.39 is 0 Å². The van der Waals surface area contributed by atoms with E-state index in [1.54, 1.807) is 6.07 Å². The Hall–Kier alpha value is -0.970. The molecule has 0 unspecified atom stereocenters. The maximum atomic E-state index is 9.56. The zero-order chi connectivity index (χ0) is 9.26. The van der Waals surface area contributed by atoms with Gasteiger partial charge in [-0.3, -0.25) is 0 Å². The van der Waals surface area contributed by atoms with Gasteiger partial charge in [-0.25, -0.2) is 0 Å². The molecular formula is C10H8INO. The second-order valence-electron chi connectivity index (χ2n) is 2.77. The van der Waals surface area contributed by atoms with Crippen LogP contribution < -0.4 is 3.53 Å². The minimum absolute atomic E-state index is 0.325. The molecule has 0 aliphatic carbocycles. The smallest absolute Gasteiger partial charge is 0.123 e. The van der Waals surface area contributed by atoms with E-state index in [0.717, 1.165) is 16.5 Å². The summed E-state index contributed by atoms with van der Waals surface area (Å²) in [5, 5.41) is 11.5. The highest BCUT2D eigenvalue weighted by Crippen LogP contribution is 2.30. The SMILES string of the molecule is Oc1ccc(NI)c2ccccc12. The largest absolute Gasteiger partial charge is 0.507 e. The van der Waals surface area contributed by atoms with Crippen molar-refractivity contribution in [2.24, 2.45) is 0 Å². The molecule has 2 nitrogen and oxygen atoms in total. The van der Waals surface area contributed by atoms with E-state index in [2.05, 4.69) is 26.4 Å². The number of phenolic OH excluding ortho intramolecular Hbond substituents is 1. The molecule has 2 N–H and O–H groups in total. The first-order chi connectivity index (χ1) is 6.33. The lowest BCUT2D eigenvalue weighted by molar-refractivity contribution is 0.482. The average Bonchev–Trinajstić information content (AvgIpc) is 2.19. The number of hydrogen-bond acceptors (Lipinski definition) is 2. The average molecular weight is 285 g/mol. The van der Waals surface area contributed by atoms with Crippen LogP contribution in [0.1, 0.15) is 0 Å². The van der Waals surface area contributed by atoms with Crippen LogP contribution in [0.15, 0.2) is 36.4 Å². The van der Waals surface area contributed by atoms with Crippen molar-refractivity contribution in [3.05, 3.63) is 36.4 Å². The third-order valence-electron chi connectivity index (χ3n) is 2.00. The van der Waals surface area contributed by atoms with Crippen LogP contribution in [0.2, 0.25) is 0 Å². The van der Waals surface area contributed by atoms with Crippen LogP contribution in [0.3, 0.4) is 0 Å². The van der Waals surface area contributed by atoms with Gasteiger partial charge in [-0.15, -0.1) is 0 Å². The number of hydrogen-bond donors (Lipinski definition) is 2. The molecule has 13 heavy (non-hydrogen) atoms. The van der Waals surface area contributed by atoms with Gasteiger partial charge in [-0.2, -0.15) is 0 Å². The predicted octanol–water partition coefficient (Wildman–Crippen LogP) is 3.31. The van der Waals surface area contributed by atoms with E-state index in [1.165, 1.54) is 0 Å². The number of anilines is 1. The van der Waals surface area contributed by atoms with Gasteiger partial charge in [0.05, 0.1) is 28.6 Å². The van der Waals surface area contributed by atoms with Crippen molar-refractivity contribution in [2.45, 2.75) is 0 Å². The van der Waals surface area contributed by atoms with E-state index in [-0.39, 0.29) is 0 Å². The van der Waals surface area contributed by atoms with Gasteiger partial charge in [0.2, 0.25) is 0 Å². The zero-order valence-corrected chi connectivity index (χ0v) is 8.95. The van der Waals surface area contributed by atoms with Crippen molar-refractivity contribution < 1.29 is 5.11 Å². The summed E-state index contributed by atoms with van der Waals surface area (Å²) >= 11 is 2.08. The molecular weight excluding hydrogens is 277 g/mol. The Balaban J connectivity index is 2.84. The van der Waals surface area contributed by atoms with Crippen molar-refractivity contribution in [3.63, 3.8) is 0 Å². The van der Waals surface area contributed by atoms with E-state index >= 15 is 0 Å². The van der Waals surface area contributed by atoms with Gasteiger partial charge < -0.3 is 8.64 Å². The van der Waals surface area contributed by atoms with Gasteiger partial charge in [0, 0.05) is 10.8 Å². The summed E-state index contributed by atoms with van der Waals surface area (Å²) in [5.41, 5.74) is 1.02. The van der Waals surface area contributed by atoms with Crippen molar-refractivity contribution in [3.8, 4) is 5.75 Å². The fourth-order valence-electron chi connectivity index (χ4n) is 1.37. The fourth-order valence-corrected chi connectivity index (χ4v) is 1.84. The highest BCUT2D eigenvalue weighted by molar-refractivity contribution is 14.1. The van der Waals surface area contributed by atoms with Gasteiger partial charge in [0.25, 0.3) is 0 Å². The van der Waals surface area contributed by atoms with Crippen LogP contribution in [0.5, 0.6) is 5.75 Å². The molecule has 0 aliphatic heterocycles. The summed E-state index contributed by atoms with van der Waals surface area (Å²) in [7, 11) is 0. The number of aromatic hydroxyl groups is 1. The lowest BCUT2D eigenvalue weighted by Gasteiger charge is -2.05. The summed E-state index contributed by atoms with van der Waals surface area (Å²) in [6.45, 7) is 0. The molecule has 0 bridgehead atoms. The molecule has 0 spiro atoms. The monoisotopic (exact) mass is 285 g/mol. The van der Waals surface area contributed by atoms with E-state index in [9.17, 15) is 5.11 Å². The maximum Gasteiger partial charge on any atom is 0.123 e. The highest BCUT2D eigenvalue weighted by Gasteiger charge is 2.02. The van der Waals surface area contributed by atoms with Crippen LogP contribution in [-0.4, -0.2) is 5.11 Å². The topological polar surface area (TPSA) is 32.3 Å². The van der Waals surface area contributed by atoms with E-state index in [0.29, 0.717) is 5.75 Å². The summed E-state index contributed by atoms with van der Waals surface area (Å²) < 4.78 is 3.06. The second kappa shape index (κ2) is 3.41. The van der Waals surface area contributed by atoms with Crippen LogP contribution in [0.4, 0.5) is 5.69 Å². The minimum Gasteiger partial charge on any atom is -0.507 e. The third kappa shape index (κ3) is 1.44. The lowest BCUT2D eigenvalue weighted by atomic mass is 10.1. The van der Waals surface area contributed by atoms with Gasteiger partial charge in [-0.1, -0.05) is 24.3 Å². The Morgan fingerprint density at radius 3 is 2.38 bits per heavy atom. The molecule has 0 fully saturated rings. The Morgan fingerprint density at radius 1 is 1.00 bits per heavy atom. The molecule has 0 heterocycles. The molecule has 0 aromatic heterocycles. The van der Waals surface area contributed by atoms with Gasteiger partial charge >= 0.3 is 0 Å². The quantitative estimate of drug-likeness (QED) is 0.478. The molecule has 0 amide bonds. The summed E-state index contributed by atoms with van der Waals surface area (Å²) in [5.74, 6) is 0.325. The minimum atomic E-state index is 0.325. The van der Waals surface area contributed by atoms with Crippen molar-refractivity contribution >= 4 is 39.3 Å². The molecule has 0 aliphatic rings. The third-order valence-corrected chi connectivity index (χ3v) is 2.58. The first-order valence-electron chi connectivity index (χ1n) is 3.90. The lowest BCUT2D eigenvalue weighted by Crippen LogP contribution is -1.82. The number of nitrogens with one attached hydrogen (secondary N) is 1. The number of benzene rings is 2. The molecule has 2 aromatic carbocycles. The van der Waals surface area contributed by atoms with E-state index in [1.807, 2.05) is 30.3 Å². The Kier molecular flexibility index (Phi) is 2.26. The van der Waals surface area contributed by atoms with Gasteiger partial charge in [0.1, 0.15) is 5.75 Å². The first kappa shape index (κ1) is 8.62. The molecule has 3 heteroatoms.